The lowest BCUT2D eigenvalue weighted by Gasteiger charge is -1.99. The molecule has 0 aliphatic heterocycles. The second-order valence-electron chi connectivity index (χ2n) is 2.41. The van der Waals surface area contributed by atoms with E-state index < -0.39 is 0 Å². The third kappa shape index (κ3) is 3.60. The van der Waals surface area contributed by atoms with E-state index in [1.165, 1.54) is 5.56 Å². The molecule has 0 fully saturated rings. The zero-order chi connectivity index (χ0) is 8.10. The third-order valence-corrected chi connectivity index (χ3v) is 1.53. The molecule has 1 aromatic rings. The Hall–Kier alpha value is -0.730. The van der Waals surface area contributed by atoms with Crippen molar-refractivity contribution in [2.75, 3.05) is 13.7 Å². The predicted molar refractivity (Wildman–Crippen MR) is 50.9 cm³/mol. The number of phenols is 1. The fraction of sp³-hybridized carbons (Fsp3) is 0.333. The van der Waals surface area contributed by atoms with Gasteiger partial charge in [0.05, 0.1) is 6.61 Å². The summed E-state index contributed by atoms with van der Waals surface area (Å²) in [4.78, 5) is 0. The van der Waals surface area contributed by atoms with Gasteiger partial charge >= 0.3 is 0 Å². The molecule has 0 aromatic heterocycles. The Bertz CT molecular complexity index is 208. The van der Waals surface area contributed by atoms with E-state index in [1.807, 2.05) is 12.1 Å². The number of halogens is 1. The lowest BCUT2D eigenvalue weighted by molar-refractivity contribution is 0.202. The van der Waals surface area contributed by atoms with Crippen LogP contribution < -0.4 is 0 Å². The van der Waals surface area contributed by atoms with Crippen molar-refractivity contribution in [2.24, 2.45) is 0 Å². The smallest absolute Gasteiger partial charge is 0.115 e. The Kier molecular flexibility index (Phi) is 5.51. The molecule has 0 amide bonds. The summed E-state index contributed by atoms with van der Waals surface area (Å²) in [5.74, 6) is 0.311. The van der Waals surface area contributed by atoms with Crippen LogP contribution in [-0.4, -0.2) is 18.8 Å². The largest absolute Gasteiger partial charge is 0.508 e. The van der Waals surface area contributed by atoms with Crippen LogP contribution in [0.25, 0.3) is 0 Å². The first-order valence-corrected chi connectivity index (χ1v) is 3.60. The minimum Gasteiger partial charge on any atom is -0.508 e. The van der Waals surface area contributed by atoms with Gasteiger partial charge in [0, 0.05) is 7.11 Å². The number of ether oxygens (including phenoxy) is 1. The monoisotopic (exact) mass is 188 g/mol. The molecule has 0 spiro atoms. The third-order valence-electron chi connectivity index (χ3n) is 1.53. The van der Waals surface area contributed by atoms with Gasteiger partial charge in [-0.3, -0.25) is 0 Å². The van der Waals surface area contributed by atoms with Crippen molar-refractivity contribution in [1.29, 1.82) is 0 Å². The van der Waals surface area contributed by atoms with Gasteiger partial charge in [-0.1, -0.05) is 12.1 Å². The number of methoxy groups -OCH3 is 1. The molecule has 68 valence electrons. The molecule has 0 aliphatic carbocycles. The van der Waals surface area contributed by atoms with Crippen LogP contribution in [0.1, 0.15) is 5.56 Å². The lowest BCUT2D eigenvalue weighted by Crippen LogP contribution is -1.93. The van der Waals surface area contributed by atoms with Gasteiger partial charge in [0.25, 0.3) is 0 Å². The summed E-state index contributed by atoms with van der Waals surface area (Å²) < 4.78 is 4.91. The molecule has 1 rings (SSSR count). The fourth-order valence-corrected chi connectivity index (χ4v) is 0.883. The van der Waals surface area contributed by atoms with Crippen LogP contribution in [0.2, 0.25) is 0 Å². The molecule has 0 heterocycles. The zero-order valence-electron chi connectivity index (χ0n) is 6.99. The van der Waals surface area contributed by atoms with Crippen LogP contribution in [0.3, 0.4) is 0 Å². The zero-order valence-corrected chi connectivity index (χ0v) is 7.80. The van der Waals surface area contributed by atoms with Crippen LogP contribution in [0.4, 0.5) is 0 Å². The Morgan fingerprint density at radius 1 is 1.25 bits per heavy atom. The average Bonchev–Trinajstić information content (AvgIpc) is 2.04. The summed E-state index contributed by atoms with van der Waals surface area (Å²) in [7, 11) is 1.68. The molecule has 12 heavy (non-hydrogen) atoms. The topological polar surface area (TPSA) is 29.5 Å². The molecule has 0 bridgehead atoms. The first kappa shape index (κ1) is 11.3. The quantitative estimate of drug-likeness (QED) is 0.787. The maximum Gasteiger partial charge on any atom is 0.115 e. The van der Waals surface area contributed by atoms with E-state index in [0.717, 1.165) is 13.0 Å². The predicted octanol–water partition coefficient (Wildman–Crippen LogP) is 2.00. The van der Waals surface area contributed by atoms with Crippen molar-refractivity contribution in [3.8, 4) is 5.75 Å². The van der Waals surface area contributed by atoms with Crippen LogP contribution in [0.5, 0.6) is 5.75 Å². The van der Waals surface area contributed by atoms with Crippen LogP contribution >= 0.6 is 12.4 Å². The van der Waals surface area contributed by atoms with Crippen LogP contribution in [-0.2, 0) is 11.2 Å². The molecule has 0 radical (unpaired) electrons. The number of hydrogen-bond acceptors (Lipinski definition) is 2. The standard InChI is InChI=1S/C9H12O2.ClH/c1-11-7-6-8-2-4-9(10)5-3-8;/h2-5,10H,6-7H2,1H3;1H. The first-order chi connectivity index (χ1) is 5.33. The lowest BCUT2D eigenvalue weighted by atomic mass is 10.1. The average molecular weight is 189 g/mol. The number of benzene rings is 1. The molecular weight excluding hydrogens is 176 g/mol. The van der Waals surface area contributed by atoms with Gasteiger partial charge in [-0.25, -0.2) is 0 Å². The van der Waals surface area contributed by atoms with E-state index in [1.54, 1.807) is 19.2 Å². The van der Waals surface area contributed by atoms with Crippen LogP contribution in [0.15, 0.2) is 24.3 Å². The van der Waals surface area contributed by atoms with Crippen molar-refractivity contribution in [3.05, 3.63) is 29.8 Å². The minimum absolute atomic E-state index is 0. The van der Waals surface area contributed by atoms with Gasteiger partial charge in [0.15, 0.2) is 0 Å². The number of phenolic OH excluding ortho intramolecular Hbond substituents is 1. The highest BCUT2D eigenvalue weighted by Crippen LogP contribution is 2.09. The van der Waals surface area contributed by atoms with E-state index >= 15 is 0 Å². The molecule has 3 heteroatoms. The van der Waals surface area contributed by atoms with Gasteiger partial charge in [0.1, 0.15) is 5.75 Å². The summed E-state index contributed by atoms with van der Waals surface area (Å²) >= 11 is 0. The van der Waals surface area contributed by atoms with Gasteiger partial charge in [0.2, 0.25) is 0 Å². The maximum atomic E-state index is 8.95. The molecule has 1 aromatic carbocycles. The van der Waals surface area contributed by atoms with Crippen molar-refractivity contribution in [1.82, 2.24) is 0 Å². The summed E-state index contributed by atoms with van der Waals surface area (Å²) in [5.41, 5.74) is 1.18. The highest BCUT2D eigenvalue weighted by atomic mass is 35.5. The molecule has 0 unspecified atom stereocenters. The second-order valence-corrected chi connectivity index (χ2v) is 2.41. The van der Waals surface area contributed by atoms with Crippen molar-refractivity contribution < 1.29 is 9.84 Å². The van der Waals surface area contributed by atoms with Crippen molar-refractivity contribution >= 4 is 12.4 Å². The van der Waals surface area contributed by atoms with E-state index in [2.05, 4.69) is 0 Å². The molecular formula is C9H13ClO2. The minimum atomic E-state index is 0. The normalized spacial score (nSPS) is 9.08. The van der Waals surface area contributed by atoms with E-state index in [-0.39, 0.29) is 12.4 Å². The number of hydrogen-bond donors (Lipinski definition) is 1. The summed E-state index contributed by atoms with van der Waals surface area (Å²) in [6, 6.07) is 7.17. The first-order valence-electron chi connectivity index (χ1n) is 3.60. The Morgan fingerprint density at radius 3 is 2.33 bits per heavy atom. The molecule has 2 nitrogen and oxygen atoms in total. The van der Waals surface area contributed by atoms with Crippen LogP contribution in [0, 0.1) is 0 Å². The van der Waals surface area contributed by atoms with Gasteiger partial charge in [-0.05, 0) is 24.1 Å². The van der Waals surface area contributed by atoms with E-state index in [9.17, 15) is 0 Å². The Labute approximate surface area is 78.6 Å². The maximum absolute atomic E-state index is 8.95. The molecule has 0 aliphatic rings. The van der Waals surface area contributed by atoms with Crippen molar-refractivity contribution in [3.63, 3.8) is 0 Å². The van der Waals surface area contributed by atoms with Gasteiger partial charge < -0.3 is 9.84 Å². The van der Waals surface area contributed by atoms with E-state index in [4.69, 9.17) is 9.84 Å². The highest BCUT2D eigenvalue weighted by molar-refractivity contribution is 5.85. The Morgan fingerprint density at radius 2 is 1.83 bits per heavy atom. The fourth-order valence-electron chi connectivity index (χ4n) is 0.883. The SMILES string of the molecule is COCCc1ccc(O)cc1.Cl. The summed E-state index contributed by atoms with van der Waals surface area (Å²) in [6.07, 6.45) is 0.900. The highest BCUT2D eigenvalue weighted by Gasteiger charge is 1.91. The number of aromatic hydroxyl groups is 1. The molecule has 0 atom stereocenters. The molecule has 0 saturated heterocycles. The summed E-state index contributed by atoms with van der Waals surface area (Å²) in [6.45, 7) is 0.727. The van der Waals surface area contributed by atoms with Crippen molar-refractivity contribution in [2.45, 2.75) is 6.42 Å². The summed E-state index contributed by atoms with van der Waals surface area (Å²) in [5, 5.41) is 8.95. The molecule has 1 N–H and O–H groups in total. The van der Waals surface area contributed by atoms with E-state index in [0.29, 0.717) is 5.75 Å². The second kappa shape index (κ2) is 5.86. The van der Waals surface area contributed by atoms with Gasteiger partial charge in [-0.2, -0.15) is 0 Å². The molecule has 0 saturated carbocycles. The van der Waals surface area contributed by atoms with Gasteiger partial charge in [-0.15, -0.1) is 12.4 Å². The Balaban J connectivity index is 0.00000121. The number of rotatable bonds is 3.